The number of esters is 1. The van der Waals surface area contributed by atoms with Crippen LogP contribution in [0.5, 0.6) is 0 Å². The number of hydrogen-bond acceptors (Lipinski definition) is 5. The third-order valence-electron chi connectivity index (χ3n) is 3.62. The van der Waals surface area contributed by atoms with Crippen LogP contribution < -0.4 is 0 Å². The maximum absolute atomic E-state index is 12.2. The minimum atomic E-state index is -0.438. The predicted molar refractivity (Wildman–Crippen MR) is 87.2 cm³/mol. The molecule has 0 unspecified atom stereocenters. The predicted octanol–water partition coefficient (Wildman–Crippen LogP) is 3.57. The standard InChI is InChI=1S/C18H13N3O3/c22-18(14-10-19-15-9-5-4-8-13(14)15)23-11-16-20-21-17(24-16)12-6-2-1-3-7-12/h1-10,19H,11H2. The van der Waals surface area contributed by atoms with Gasteiger partial charge in [-0.2, -0.15) is 0 Å². The summed E-state index contributed by atoms with van der Waals surface area (Å²) in [5, 5.41) is 8.69. The first kappa shape index (κ1) is 14.2. The molecule has 0 bridgehead atoms. The maximum Gasteiger partial charge on any atom is 0.340 e. The van der Waals surface area contributed by atoms with Crippen LogP contribution in [0.4, 0.5) is 0 Å². The first-order valence-electron chi connectivity index (χ1n) is 7.42. The van der Waals surface area contributed by atoms with Crippen molar-refractivity contribution in [3.05, 3.63) is 72.2 Å². The Balaban J connectivity index is 1.47. The molecule has 4 aromatic rings. The largest absolute Gasteiger partial charge is 0.452 e. The quantitative estimate of drug-likeness (QED) is 0.582. The van der Waals surface area contributed by atoms with Gasteiger partial charge in [0.15, 0.2) is 6.61 Å². The van der Waals surface area contributed by atoms with Gasteiger partial charge < -0.3 is 14.1 Å². The minimum Gasteiger partial charge on any atom is -0.452 e. The summed E-state index contributed by atoms with van der Waals surface area (Å²) in [7, 11) is 0. The molecule has 0 spiro atoms. The summed E-state index contributed by atoms with van der Waals surface area (Å²) in [6.07, 6.45) is 1.64. The van der Waals surface area contributed by atoms with Gasteiger partial charge in [-0.25, -0.2) is 4.79 Å². The highest BCUT2D eigenvalue weighted by molar-refractivity contribution is 6.03. The average Bonchev–Trinajstić information content (AvgIpc) is 3.27. The number of H-pyrrole nitrogens is 1. The fourth-order valence-electron chi connectivity index (χ4n) is 2.45. The van der Waals surface area contributed by atoms with Gasteiger partial charge in [-0.1, -0.05) is 36.4 Å². The molecule has 2 aromatic carbocycles. The summed E-state index contributed by atoms with van der Waals surface area (Å²) < 4.78 is 10.8. The van der Waals surface area contributed by atoms with Crippen molar-refractivity contribution in [3.63, 3.8) is 0 Å². The highest BCUT2D eigenvalue weighted by atomic mass is 16.5. The monoisotopic (exact) mass is 319 g/mol. The van der Waals surface area contributed by atoms with E-state index >= 15 is 0 Å². The van der Waals surface area contributed by atoms with E-state index in [0.717, 1.165) is 16.5 Å². The maximum atomic E-state index is 12.2. The van der Waals surface area contributed by atoms with E-state index in [1.54, 1.807) is 6.20 Å². The lowest BCUT2D eigenvalue weighted by Crippen LogP contribution is -2.04. The smallest absolute Gasteiger partial charge is 0.340 e. The molecule has 6 nitrogen and oxygen atoms in total. The van der Waals surface area contributed by atoms with Gasteiger partial charge >= 0.3 is 5.97 Å². The molecule has 118 valence electrons. The molecule has 1 N–H and O–H groups in total. The number of nitrogens with zero attached hydrogens (tertiary/aromatic N) is 2. The number of rotatable bonds is 4. The van der Waals surface area contributed by atoms with Gasteiger partial charge in [-0.15, -0.1) is 10.2 Å². The number of benzene rings is 2. The van der Waals surface area contributed by atoms with Crippen molar-refractivity contribution in [2.24, 2.45) is 0 Å². The second kappa shape index (κ2) is 6.00. The molecule has 0 aliphatic rings. The fraction of sp³-hybridized carbons (Fsp3) is 0.0556. The van der Waals surface area contributed by atoms with Crippen molar-refractivity contribution in [3.8, 4) is 11.5 Å². The Kier molecular flexibility index (Phi) is 3.55. The van der Waals surface area contributed by atoms with Crippen molar-refractivity contribution in [2.75, 3.05) is 0 Å². The second-order valence-electron chi connectivity index (χ2n) is 5.19. The second-order valence-corrected chi connectivity index (χ2v) is 5.19. The topological polar surface area (TPSA) is 81.0 Å². The normalized spacial score (nSPS) is 10.8. The van der Waals surface area contributed by atoms with Gasteiger partial charge in [0.05, 0.1) is 5.56 Å². The number of hydrogen-bond donors (Lipinski definition) is 1. The fourth-order valence-corrected chi connectivity index (χ4v) is 2.45. The minimum absolute atomic E-state index is 0.0713. The summed E-state index contributed by atoms with van der Waals surface area (Å²) in [4.78, 5) is 15.3. The van der Waals surface area contributed by atoms with E-state index in [1.807, 2.05) is 54.6 Å². The molecule has 4 rings (SSSR count). The van der Waals surface area contributed by atoms with Crippen molar-refractivity contribution in [2.45, 2.75) is 6.61 Å². The lowest BCUT2D eigenvalue weighted by Gasteiger charge is -2.00. The van der Waals surface area contributed by atoms with Crippen molar-refractivity contribution in [1.29, 1.82) is 0 Å². The van der Waals surface area contributed by atoms with Crippen molar-refractivity contribution >= 4 is 16.9 Å². The van der Waals surface area contributed by atoms with Crippen LogP contribution in [-0.2, 0) is 11.3 Å². The molecule has 0 atom stereocenters. The lowest BCUT2D eigenvalue weighted by molar-refractivity contribution is 0.0441. The van der Waals surface area contributed by atoms with Crippen LogP contribution in [0, 0.1) is 0 Å². The van der Waals surface area contributed by atoms with E-state index in [-0.39, 0.29) is 12.5 Å². The van der Waals surface area contributed by atoms with Crippen molar-refractivity contribution in [1.82, 2.24) is 15.2 Å². The summed E-state index contributed by atoms with van der Waals surface area (Å²) in [6.45, 7) is -0.0713. The van der Waals surface area contributed by atoms with Crippen LogP contribution in [0.15, 0.2) is 65.2 Å². The molecule has 0 aliphatic carbocycles. The van der Waals surface area contributed by atoms with Crippen LogP contribution in [0.1, 0.15) is 16.2 Å². The highest BCUT2D eigenvalue weighted by Crippen LogP contribution is 2.20. The van der Waals surface area contributed by atoms with Gasteiger partial charge in [0, 0.05) is 22.7 Å². The van der Waals surface area contributed by atoms with E-state index in [9.17, 15) is 4.79 Å². The number of carbonyl (C=O) groups is 1. The summed E-state index contributed by atoms with van der Waals surface area (Å²) in [5.74, 6) is 0.211. The first-order chi connectivity index (χ1) is 11.8. The number of ether oxygens (including phenoxy) is 1. The lowest BCUT2D eigenvalue weighted by atomic mass is 10.2. The van der Waals surface area contributed by atoms with Crippen molar-refractivity contribution < 1.29 is 13.9 Å². The molecule has 24 heavy (non-hydrogen) atoms. The number of aromatic nitrogens is 3. The Bertz CT molecular complexity index is 989. The van der Waals surface area contributed by atoms with E-state index in [1.165, 1.54) is 0 Å². The van der Waals surface area contributed by atoms with Gasteiger partial charge in [-0.3, -0.25) is 0 Å². The molecular weight excluding hydrogens is 306 g/mol. The van der Waals surface area contributed by atoms with Gasteiger partial charge in [0.25, 0.3) is 5.89 Å². The van der Waals surface area contributed by atoms with E-state index in [2.05, 4.69) is 15.2 Å². The van der Waals surface area contributed by atoms with Gasteiger partial charge in [0.1, 0.15) is 0 Å². The Labute approximate surface area is 137 Å². The zero-order chi connectivity index (χ0) is 16.4. The van der Waals surface area contributed by atoms with Gasteiger partial charge in [0.2, 0.25) is 5.89 Å². The van der Waals surface area contributed by atoms with E-state index in [4.69, 9.17) is 9.15 Å². The van der Waals surface area contributed by atoms with Crippen LogP contribution in [0.2, 0.25) is 0 Å². The number of carbonyl (C=O) groups excluding carboxylic acids is 1. The Morgan fingerprint density at radius 2 is 1.83 bits per heavy atom. The number of aromatic amines is 1. The van der Waals surface area contributed by atoms with E-state index < -0.39 is 5.97 Å². The molecule has 0 aliphatic heterocycles. The number of nitrogens with one attached hydrogen (secondary N) is 1. The number of fused-ring (bicyclic) bond motifs is 1. The Morgan fingerprint density at radius 1 is 1.04 bits per heavy atom. The van der Waals surface area contributed by atoms with Crippen LogP contribution in [0.25, 0.3) is 22.4 Å². The molecule has 0 saturated heterocycles. The SMILES string of the molecule is O=C(OCc1nnc(-c2ccccc2)o1)c1c[nH]c2ccccc12. The zero-order valence-corrected chi connectivity index (χ0v) is 12.6. The first-order valence-corrected chi connectivity index (χ1v) is 7.42. The summed E-state index contributed by atoms with van der Waals surface area (Å²) in [5.41, 5.74) is 2.18. The molecule has 0 radical (unpaired) electrons. The highest BCUT2D eigenvalue weighted by Gasteiger charge is 2.15. The third-order valence-corrected chi connectivity index (χ3v) is 3.62. The molecule has 2 heterocycles. The zero-order valence-electron chi connectivity index (χ0n) is 12.6. The molecular formula is C18H13N3O3. The van der Waals surface area contributed by atoms with Gasteiger partial charge in [-0.05, 0) is 18.2 Å². The average molecular weight is 319 g/mol. The number of para-hydroxylation sites is 1. The summed E-state index contributed by atoms with van der Waals surface area (Å²) in [6, 6.07) is 17.0. The molecule has 0 fully saturated rings. The Hall–Kier alpha value is -3.41. The molecule has 6 heteroatoms. The van der Waals surface area contributed by atoms with Crippen LogP contribution in [-0.4, -0.2) is 21.2 Å². The summed E-state index contributed by atoms with van der Waals surface area (Å²) >= 11 is 0. The molecule has 2 aromatic heterocycles. The van der Waals surface area contributed by atoms with E-state index in [0.29, 0.717) is 11.5 Å². The van der Waals surface area contributed by atoms with Crippen LogP contribution >= 0.6 is 0 Å². The Morgan fingerprint density at radius 3 is 2.71 bits per heavy atom. The molecule has 0 saturated carbocycles. The van der Waals surface area contributed by atoms with Crippen LogP contribution in [0.3, 0.4) is 0 Å². The molecule has 0 amide bonds. The third kappa shape index (κ3) is 2.65.